The highest BCUT2D eigenvalue weighted by Crippen LogP contribution is 2.24. The van der Waals surface area contributed by atoms with Gasteiger partial charge in [-0.05, 0) is 25.5 Å². The molecule has 112 valence electrons. The Morgan fingerprint density at radius 3 is 2.90 bits per heavy atom. The third kappa shape index (κ3) is 4.98. The number of aromatic nitrogens is 1. The van der Waals surface area contributed by atoms with E-state index in [1.165, 1.54) is 12.2 Å². The summed E-state index contributed by atoms with van der Waals surface area (Å²) in [5, 5.41) is 3.76. The molecular formula is C16H27N3S. The molecule has 2 atom stereocenters. The molecule has 0 aliphatic carbocycles. The maximum Gasteiger partial charge on any atom is 0.128 e. The van der Waals surface area contributed by atoms with Gasteiger partial charge in [0, 0.05) is 41.9 Å². The van der Waals surface area contributed by atoms with Gasteiger partial charge in [0.25, 0.3) is 0 Å². The van der Waals surface area contributed by atoms with E-state index >= 15 is 0 Å². The minimum atomic E-state index is 0.353. The zero-order valence-corrected chi connectivity index (χ0v) is 13.9. The summed E-state index contributed by atoms with van der Waals surface area (Å²) < 4.78 is 0.353. The first-order valence-electron chi connectivity index (χ1n) is 7.50. The first kappa shape index (κ1) is 15.6. The van der Waals surface area contributed by atoms with E-state index in [4.69, 9.17) is 0 Å². The summed E-state index contributed by atoms with van der Waals surface area (Å²) in [7, 11) is 0. The first-order chi connectivity index (χ1) is 9.44. The van der Waals surface area contributed by atoms with Crippen LogP contribution in [0.25, 0.3) is 0 Å². The average Bonchev–Trinajstić information content (AvgIpc) is 2.85. The fraction of sp³-hybridized carbons (Fsp3) is 0.688. The molecule has 1 aromatic rings. The second-order valence-corrected chi connectivity index (χ2v) is 8.46. The number of rotatable bonds is 5. The van der Waals surface area contributed by atoms with E-state index in [1.807, 2.05) is 24.0 Å². The highest BCUT2D eigenvalue weighted by atomic mass is 32.2. The maximum atomic E-state index is 4.44. The molecule has 0 saturated carbocycles. The summed E-state index contributed by atoms with van der Waals surface area (Å²) in [5.41, 5.74) is 0. The zero-order valence-electron chi connectivity index (χ0n) is 13.1. The van der Waals surface area contributed by atoms with E-state index in [2.05, 4.69) is 55.0 Å². The van der Waals surface area contributed by atoms with Gasteiger partial charge in [0.15, 0.2) is 0 Å². The predicted molar refractivity (Wildman–Crippen MR) is 89.7 cm³/mol. The number of hydrogen-bond acceptors (Lipinski definition) is 4. The molecule has 2 heterocycles. The summed E-state index contributed by atoms with van der Waals surface area (Å²) in [6.07, 6.45) is 3.08. The van der Waals surface area contributed by atoms with Gasteiger partial charge in [-0.25, -0.2) is 4.98 Å². The smallest absolute Gasteiger partial charge is 0.128 e. The van der Waals surface area contributed by atoms with Crippen LogP contribution in [0, 0.1) is 0 Å². The van der Waals surface area contributed by atoms with Crippen LogP contribution < -0.4 is 10.2 Å². The fourth-order valence-corrected chi connectivity index (χ4v) is 3.32. The Morgan fingerprint density at radius 2 is 2.25 bits per heavy atom. The fourth-order valence-electron chi connectivity index (χ4n) is 2.47. The Bertz CT molecular complexity index is 402. The molecule has 4 heteroatoms. The van der Waals surface area contributed by atoms with Crippen molar-refractivity contribution in [3.05, 3.63) is 24.4 Å². The Kier molecular flexibility index (Phi) is 5.33. The van der Waals surface area contributed by atoms with Crippen molar-refractivity contribution in [2.75, 3.05) is 23.7 Å². The van der Waals surface area contributed by atoms with Crippen LogP contribution in [-0.4, -0.2) is 40.7 Å². The van der Waals surface area contributed by atoms with Crippen LogP contribution in [0.1, 0.15) is 34.1 Å². The van der Waals surface area contributed by atoms with Gasteiger partial charge in [0.05, 0.1) is 0 Å². The topological polar surface area (TPSA) is 28.2 Å². The van der Waals surface area contributed by atoms with Crippen molar-refractivity contribution in [2.24, 2.45) is 0 Å². The molecule has 3 nitrogen and oxygen atoms in total. The van der Waals surface area contributed by atoms with Gasteiger partial charge in [-0.3, -0.25) is 0 Å². The van der Waals surface area contributed by atoms with Crippen LogP contribution in [0.2, 0.25) is 0 Å². The summed E-state index contributed by atoms with van der Waals surface area (Å²) >= 11 is 2.03. The second-order valence-electron chi connectivity index (χ2n) is 6.61. The first-order valence-corrected chi connectivity index (χ1v) is 8.48. The molecule has 1 aliphatic heterocycles. The number of hydrogen-bond donors (Lipinski definition) is 1. The molecule has 2 rings (SSSR count). The van der Waals surface area contributed by atoms with Gasteiger partial charge < -0.3 is 10.2 Å². The lowest BCUT2D eigenvalue weighted by molar-refractivity contribution is 0.495. The van der Waals surface area contributed by atoms with Gasteiger partial charge in [-0.15, -0.1) is 0 Å². The van der Waals surface area contributed by atoms with Gasteiger partial charge in [0.2, 0.25) is 0 Å². The van der Waals surface area contributed by atoms with Gasteiger partial charge >= 0.3 is 0 Å². The molecule has 1 N–H and O–H groups in total. The number of anilines is 1. The van der Waals surface area contributed by atoms with Crippen LogP contribution >= 0.6 is 11.8 Å². The largest absolute Gasteiger partial charge is 0.355 e. The Morgan fingerprint density at radius 1 is 1.45 bits per heavy atom. The Balaban J connectivity index is 1.76. The molecule has 1 fully saturated rings. The molecular weight excluding hydrogens is 266 g/mol. The quantitative estimate of drug-likeness (QED) is 0.902. The molecule has 0 aromatic carbocycles. The SMILES string of the molecule is C[C@H](CSC(C)(C)C)N[C@H]1CCN(c2ccccn2)C1. The van der Waals surface area contributed by atoms with Gasteiger partial charge in [-0.1, -0.05) is 26.8 Å². The minimum absolute atomic E-state index is 0.353. The molecule has 0 unspecified atom stereocenters. The number of thioether (sulfide) groups is 1. The number of nitrogens with zero attached hydrogens (tertiary/aromatic N) is 2. The number of nitrogens with one attached hydrogen (secondary N) is 1. The molecule has 1 saturated heterocycles. The average molecular weight is 293 g/mol. The van der Waals surface area contributed by atoms with Crippen molar-refractivity contribution < 1.29 is 0 Å². The Labute approximate surface area is 127 Å². The highest BCUT2D eigenvalue weighted by molar-refractivity contribution is 8.00. The zero-order chi connectivity index (χ0) is 14.6. The Hall–Kier alpha value is -0.740. The van der Waals surface area contributed by atoms with Crippen molar-refractivity contribution in [3.8, 4) is 0 Å². The summed E-state index contributed by atoms with van der Waals surface area (Å²) in [4.78, 5) is 6.81. The summed E-state index contributed by atoms with van der Waals surface area (Å²) in [5.74, 6) is 2.28. The maximum absolute atomic E-state index is 4.44. The van der Waals surface area contributed by atoms with E-state index in [1.54, 1.807) is 0 Å². The van der Waals surface area contributed by atoms with E-state index in [-0.39, 0.29) is 0 Å². The van der Waals surface area contributed by atoms with E-state index in [0.29, 0.717) is 16.8 Å². The lowest BCUT2D eigenvalue weighted by Crippen LogP contribution is -2.40. The molecule has 20 heavy (non-hydrogen) atoms. The van der Waals surface area contributed by atoms with Gasteiger partial charge in [0.1, 0.15) is 5.82 Å². The van der Waals surface area contributed by atoms with E-state index < -0.39 is 0 Å². The molecule has 1 aromatic heterocycles. The van der Waals surface area contributed by atoms with Crippen LogP contribution in [0.15, 0.2) is 24.4 Å². The third-order valence-corrected chi connectivity index (χ3v) is 4.98. The third-order valence-electron chi connectivity index (χ3n) is 3.45. The molecule has 0 radical (unpaired) electrons. The standard InChI is InChI=1S/C16H27N3S/c1-13(12-20-16(2,3)4)18-14-8-10-19(11-14)15-7-5-6-9-17-15/h5-7,9,13-14,18H,8,10-12H2,1-4H3/t13-,14+/m1/s1. The van der Waals surface area contributed by atoms with E-state index in [9.17, 15) is 0 Å². The molecule has 0 bridgehead atoms. The van der Waals surface area contributed by atoms with Crippen molar-refractivity contribution >= 4 is 17.6 Å². The lowest BCUT2D eigenvalue weighted by atomic mass is 10.2. The predicted octanol–water partition coefficient (Wildman–Crippen LogP) is 3.17. The lowest BCUT2D eigenvalue weighted by Gasteiger charge is -2.24. The normalized spacial score (nSPS) is 21.2. The summed E-state index contributed by atoms with van der Waals surface area (Å²) in [6.45, 7) is 11.3. The highest BCUT2D eigenvalue weighted by Gasteiger charge is 2.24. The second kappa shape index (κ2) is 6.81. The minimum Gasteiger partial charge on any atom is -0.355 e. The van der Waals surface area contributed by atoms with Crippen molar-refractivity contribution in [1.29, 1.82) is 0 Å². The van der Waals surface area contributed by atoms with Crippen LogP contribution in [0.3, 0.4) is 0 Å². The van der Waals surface area contributed by atoms with Crippen LogP contribution in [0.4, 0.5) is 5.82 Å². The van der Waals surface area contributed by atoms with Crippen LogP contribution in [0.5, 0.6) is 0 Å². The van der Waals surface area contributed by atoms with Crippen molar-refractivity contribution in [1.82, 2.24) is 10.3 Å². The van der Waals surface area contributed by atoms with Crippen molar-refractivity contribution in [2.45, 2.75) is 50.9 Å². The van der Waals surface area contributed by atoms with Gasteiger partial charge in [-0.2, -0.15) is 11.8 Å². The summed E-state index contributed by atoms with van der Waals surface area (Å²) in [6, 6.07) is 7.29. The molecule has 0 amide bonds. The number of pyridine rings is 1. The van der Waals surface area contributed by atoms with Crippen LogP contribution in [-0.2, 0) is 0 Å². The molecule has 1 aliphatic rings. The van der Waals surface area contributed by atoms with Crippen molar-refractivity contribution in [3.63, 3.8) is 0 Å². The monoisotopic (exact) mass is 293 g/mol. The van der Waals surface area contributed by atoms with E-state index in [0.717, 1.165) is 18.9 Å². The molecule has 0 spiro atoms.